The summed E-state index contributed by atoms with van der Waals surface area (Å²) >= 11 is 1.74. The highest BCUT2D eigenvalue weighted by molar-refractivity contribution is 7.18. The average molecular weight is 452 g/mol. The van der Waals surface area contributed by atoms with Crippen LogP contribution in [0.5, 0.6) is 17.2 Å². The van der Waals surface area contributed by atoms with Crippen molar-refractivity contribution >= 4 is 33.5 Å². The molecule has 7 nitrogen and oxygen atoms in total. The maximum Gasteiger partial charge on any atom is 0.246 e. The quantitative estimate of drug-likeness (QED) is 0.554. The predicted octanol–water partition coefficient (Wildman–Crippen LogP) is 3.43. The number of thiazole rings is 1. The number of carbonyl (C=O) groups excluding carboxylic acids is 1. The second-order valence-electron chi connectivity index (χ2n) is 7.76. The molecule has 166 valence electrons. The van der Waals surface area contributed by atoms with Gasteiger partial charge in [-0.3, -0.25) is 9.69 Å². The molecular weight excluding hydrogens is 426 g/mol. The van der Waals surface area contributed by atoms with E-state index in [9.17, 15) is 4.79 Å². The van der Waals surface area contributed by atoms with Gasteiger partial charge in [-0.2, -0.15) is 0 Å². The maximum atomic E-state index is 12.7. The van der Waals surface area contributed by atoms with E-state index in [2.05, 4.69) is 17.0 Å². The van der Waals surface area contributed by atoms with Crippen LogP contribution in [0.3, 0.4) is 0 Å². The number of hydrogen-bond donors (Lipinski definition) is 0. The third kappa shape index (κ3) is 4.42. The van der Waals surface area contributed by atoms with Crippen LogP contribution in [-0.2, 0) is 11.3 Å². The lowest BCUT2D eigenvalue weighted by molar-refractivity contribution is -0.127. The Balaban J connectivity index is 1.18. The minimum atomic E-state index is 0.0125. The second kappa shape index (κ2) is 9.18. The summed E-state index contributed by atoms with van der Waals surface area (Å²) < 4.78 is 17.9. The summed E-state index contributed by atoms with van der Waals surface area (Å²) in [5, 5.41) is 1.12. The van der Waals surface area contributed by atoms with E-state index in [1.54, 1.807) is 30.6 Å². The number of amides is 1. The Morgan fingerprint density at radius 2 is 1.97 bits per heavy atom. The smallest absolute Gasteiger partial charge is 0.246 e. The second-order valence-corrected chi connectivity index (χ2v) is 8.87. The van der Waals surface area contributed by atoms with E-state index >= 15 is 0 Å². The summed E-state index contributed by atoms with van der Waals surface area (Å²) in [6, 6.07) is 11.9. The van der Waals surface area contributed by atoms with E-state index in [1.807, 2.05) is 29.2 Å². The molecule has 3 aromatic rings. The van der Waals surface area contributed by atoms with Gasteiger partial charge in [-0.25, -0.2) is 4.98 Å². The standard InChI is InChI=1S/C24H25N3O4S/c1-29-19-14-17(15-20-24(19)31-13-12-30-20)6-7-23(28)27-10-8-26(9-11-27)16-22-25-18-4-2-3-5-21(18)32-22/h2-7,14-15H,8-13,16H2,1H3. The lowest BCUT2D eigenvalue weighted by Crippen LogP contribution is -2.47. The molecule has 0 atom stereocenters. The third-order valence-electron chi connectivity index (χ3n) is 5.65. The van der Waals surface area contributed by atoms with Crippen molar-refractivity contribution in [3.8, 4) is 17.2 Å². The third-order valence-corrected chi connectivity index (χ3v) is 6.67. The Kier molecular flexibility index (Phi) is 5.96. The van der Waals surface area contributed by atoms with Gasteiger partial charge in [-0.15, -0.1) is 11.3 Å². The first-order chi connectivity index (χ1) is 15.7. The van der Waals surface area contributed by atoms with Gasteiger partial charge >= 0.3 is 0 Å². The molecular formula is C24H25N3O4S. The molecule has 1 fully saturated rings. The fourth-order valence-electron chi connectivity index (χ4n) is 3.97. The highest BCUT2D eigenvalue weighted by Crippen LogP contribution is 2.40. The van der Waals surface area contributed by atoms with Crippen LogP contribution in [0.15, 0.2) is 42.5 Å². The van der Waals surface area contributed by atoms with Crippen LogP contribution in [0.4, 0.5) is 0 Å². The van der Waals surface area contributed by atoms with Gasteiger partial charge in [0.1, 0.15) is 18.2 Å². The van der Waals surface area contributed by atoms with Crippen LogP contribution in [0.1, 0.15) is 10.6 Å². The molecule has 1 saturated heterocycles. The van der Waals surface area contributed by atoms with Crippen LogP contribution >= 0.6 is 11.3 Å². The Labute approximate surface area is 190 Å². The van der Waals surface area contributed by atoms with Gasteiger partial charge in [0.05, 0.1) is 23.9 Å². The molecule has 2 aromatic carbocycles. The number of fused-ring (bicyclic) bond motifs is 2. The molecule has 0 radical (unpaired) electrons. The van der Waals surface area contributed by atoms with E-state index in [4.69, 9.17) is 19.2 Å². The zero-order valence-corrected chi connectivity index (χ0v) is 18.8. The predicted molar refractivity (Wildman–Crippen MR) is 124 cm³/mol. The van der Waals surface area contributed by atoms with Crippen molar-refractivity contribution in [2.45, 2.75) is 6.54 Å². The molecule has 0 bridgehead atoms. The fourth-order valence-corrected chi connectivity index (χ4v) is 4.98. The minimum absolute atomic E-state index is 0.0125. The molecule has 1 amide bonds. The van der Waals surface area contributed by atoms with Gasteiger partial charge in [0.2, 0.25) is 11.7 Å². The largest absolute Gasteiger partial charge is 0.493 e. The van der Waals surface area contributed by atoms with Gasteiger partial charge in [0.15, 0.2) is 11.5 Å². The van der Waals surface area contributed by atoms with Gasteiger partial charge in [-0.05, 0) is 35.9 Å². The first-order valence-electron chi connectivity index (χ1n) is 10.7. The summed E-state index contributed by atoms with van der Waals surface area (Å²) in [6.07, 6.45) is 3.42. The van der Waals surface area contributed by atoms with Gasteiger partial charge < -0.3 is 19.1 Å². The average Bonchev–Trinajstić information content (AvgIpc) is 3.24. The summed E-state index contributed by atoms with van der Waals surface area (Å²) in [5.74, 6) is 1.88. The summed E-state index contributed by atoms with van der Waals surface area (Å²) in [4.78, 5) is 21.7. The molecule has 1 aromatic heterocycles. The molecule has 0 N–H and O–H groups in total. The van der Waals surface area contributed by atoms with Crippen molar-refractivity contribution in [3.63, 3.8) is 0 Å². The number of methoxy groups -OCH3 is 1. The van der Waals surface area contributed by atoms with Crippen molar-refractivity contribution in [1.29, 1.82) is 0 Å². The number of benzene rings is 2. The van der Waals surface area contributed by atoms with Crippen LogP contribution in [-0.4, -0.2) is 67.2 Å². The minimum Gasteiger partial charge on any atom is -0.493 e. The Hall–Kier alpha value is -3.10. The lowest BCUT2D eigenvalue weighted by Gasteiger charge is -2.33. The van der Waals surface area contributed by atoms with Crippen LogP contribution < -0.4 is 14.2 Å². The lowest BCUT2D eigenvalue weighted by atomic mass is 10.1. The van der Waals surface area contributed by atoms with Gasteiger partial charge in [0.25, 0.3) is 0 Å². The van der Waals surface area contributed by atoms with Crippen molar-refractivity contribution in [1.82, 2.24) is 14.8 Å². The molecule has 3 heterocycles. The topological polar surface area (TPSA) is 64.1 Å². The zero-order chi connectivity index (χ0) is 21.9. The number of carbonyl (C=O) groups is 1. The molecule has 32 heavy (non-hydrogen) atoms. The molecule has 0 saturated carbocycles. The van der Waals surface area contributed by atoms with Crippen molar-refractivity contribution < 1.29 is 19.0 Å². The van der Waals surface area contributed by atoms with E-state index in [0.29, 0.717) is 43.6 Å². The monoisotopic (exact) mass is 451 g/mol. The van der Waals surface area contributed by atoms with E-state index in [0.717, 1.165) is 35.7 Å². The highest BCUT2D eigenvalue weighted by Gasteiger charge is 2.21. The van der Waals surface area contributed by atoms with Crippen molar-refractivity contribution in [2.24, 2.45) is 0 Å². The number of para-hydroxylation sites is 1. The number of aromatic nitrogens is 1. The number of rotatable bonds is 5. The Bertz CT molecular complexity index is 1100. The van der Waals surface area contributed by atoms with Gasteiger partial charge in [-0.1, -0.05) is 12.1 Å². The van der Waals surface area contributed by atoms with Crippen molar-refractivity contribution in [2.75, 3.05) is 46.5 Å². The summed E-state index contributed by atoms with van der Waals surface area (Å²) in [6.45, 7) is 4.93. The highest BCUT2D eigenvalue weighted by atomic mass is 32.1. The fraction of sp³-hybridized carbons (Fsp3) is 0.333. The Morgan fingerprint density at radius 1 is 1.16 bits per heavy atom. The molecule has 0 spiro atoms. The Morgan fingerprint density at radius 3 is 2.78 bits per heavy atom. The first kappa shape index (κ1) is 20.8. The van der Waals surface area contributed by atoms with Gasteiger partial charge in [0, 0.05) is 32.3 Å². The van der Waals surface area contributed by atoms with Crippen LogP contribution in [0.2, 0.25) is 0 Å². The van der Waals surface area contributed by atoms with Crippen LogP contribution in [0.25, 0.3) is 16.3 Å². The SMILES string of the molecule is COc1cc(C=CC(=O)N2CCN(Cc3nc4ccccc4s3)CC2)cc2c1OCCO2. The normalized spacial score (nSPS) is 16.6. The molecule has 5 rings (SSSR count). The molecule has 0 unspecified atom stereocenters. The molecule has 2 aliphatic rings. The number of hydrogen-bond acceptors (Lipinski definition) is 7. The number of piperazine rings is 1. The van der Waals surface area contributed by atoms with E-state index < -0.39 is 0 Å². The first-order valence-corrected chi connectivity index (χ1v) is 11.5. The maximum absolute atomic E-state index is 12.7. The summed E-state index contributed by atoms with van der Waals surface area (Å²) in [7, 11) is 1.60. The van der Waals surface area contributed by atoms with Crippen molar-refractivity contribution in [3.05, 3.63) is 53.0 Å². The molecule has 2 aliphatic heterocycles. The van der Waals surface area contributed by atoms with E-state index in [1.165, 1.54) is 4.70 Å². The molecule has 0 aliphatic carbocycles. The van der Waals surface area contributed by atoms with E-state index in [-0.39, 0.29) is 5.91 Å². The zero-order valence-electron chi connectivity index (χ0n) is 18.0. The number of nitrogens with zero attached hydrogens (tertiary/aromatic N) is 3. The number of ether oxygens (including phenoxy) is 3. The molecule has 8 heteroatoms. The van der Waals surface area contributed by atoms with Crippen LogP contribution in [0, 0.1) is 0 Å². The summed E-state index contributed by atoms with van der Waals surface area (Å²) in [5.41, 5.74) is 1.90.